The lowest BCUT2D eigenvalue weighted by Gasteiger charge is -2.17. The second-order valence-electron chi connectivity index (χ2n) is 4.59. The number of fused-ring (bicyclic) bond motifs is 1. The smallest absolute Gasteiger partial charge is 0.299 e. The summed E-state index contributed by atoms with van der Waals surface area (Å²) in [6.07, 6.45) is 0. The second kappa shape index (κ2) is 5.24. The first-order valence-electron chi connectivity index (χ1n) is 6.07. The molecule has 0 radical (unpaired) electrons. The van der Waals surface area contributed by atoms with Crippen molar-refractivity contribution in [2.24, 2.45) is 0 Å². The Hall–Kier alpha value is -1.72. The molecule has 0 atom stereocenters. The maximum Gasteiger partial charge on any atom is 0.299 e. The highest BCUT2D eigenvalue weighted by Crippen LogP contribution is 2.33. The molecule has 3 rings (SSSR count). The van der Waals surface area contributed by atoms with Crippen molar-refractivity contribution in [2.45, 2.75) is 6.54 Å². The van der Waals surface area contributed by atoms with Crippen molar-refractivity contribution in [3.8, 4) is 0 Å². The van der Waals surface area contributed by atoms with Gasteiger partial charge in [-0.15, -0.1) is 0 Å². The van der Waals surface area contributed by atoms with E-state index in [0.29, 0.717) is 21.3 Å². The van der Waals surface area contributed by atoms with Gasteiger partial charge in [0.2, 0.25) is 0 Å². The molecule has 1 aliphatic rings. The molecule has 0 unspecified atom stereocenters. The SMILES string of the molecule is O=C1C(=O)N(Cc2cccc(F)c2Cl)c2ccc(Br)cc21. The number of rotatable bonds is 2. The largest absolute Gasteiger partial charge is 0.300 e. The highest BCUT2D eigenvalue weighted by atomic mass is 79.9. The lowest BCUT2D eigenvalue weighted by atomic mass is 10.1. The van der Waals surface area contributed by atoms with Crippen LogP contribution >= 0.6 is 27.5 Å². The van der Waals surface area contributed by atoms with Gasteiger partial charge in [0.25, 0.3) is 11.7 Å². The summed E-state index contributed by atoms with van der Waals surface area (Å²) < 4.78 is 14.2. The molecule has 2 aromatic carbocycles. The van der Waals surface area contributed by atoms with Crippen molar-refractivity contribution in [3.63, 3.8) is 0 Å². The molecule has 1 amide bonds. The number of hydrogen-bond donors (Lipinski definition) is 0. The summed E-state index contributed by atoms with van der Waals surface area (Å²) in [4.78, 5) is 25.4. The third-order valence-electron chi connectivity index (χ3n) is 3.29. The molecule has 0 fully saturated rings. The first kappa shape index (κ1) is 14.2. The Balaban J connectivity index is 2.03. The predicted octanol–water partition coefficient (Wildman–Crippen LogP) is 3.97. The maximum atomic E-state index is 13.5. The van der Waals surface area contributed by atoms with E-state index in [1.165, 1.54) is 17.0 Å². The quantitative estimate of drug-likeness (QED) is 0.752. The van der Waals surface area contributed by atoms with Crippen molar-refractivity contribution in [1.82, 2.24) is 0 Å². The summed E-state index contributed by atoms with van der Waals surface area (Å²) in [5.41, 5.74) is 1.30. The van der Waals surface area contributed by atoms with Crippen LogP contribution in [0.3, 0.4) is 0 Å². The zero-order chi connectivity index (χ0) is 15.1. The van der Waals surface area contributed by atoms with Gasteiger partial charge in [-0.25, -0.2) is 4.39 Å². The summed E-state index contributed by atoms with van der Waals surface area (Å²) in [5.74, 6) is -1.76. The Morgan fingerprint density at radius 1 is 1.19 bits per heavy atom. The molecule has 3 nitrogen and oxygen atoms in total. The van der Waals surface area contributed by atoms with Gasteiger partial charge in [0.1, 0.15) is 5.82 Å². The topological polar surface area (TPSA) is 37.4 Å². The lowest BCUT2D eigenvalue weighted by Crippen LogP contribution is -2.29. The molecule has 0 aromatic heterocycles. The minimum atomic E-state index is -0.636. The van der Waals surface area contributed by atoms with Crippen LogP contribution in [0.5, 0.6) is 0 Å². The van der Waals surface area contributed by atoms with Gasteiger partial charge in [-0.3, -0.25) is 9.59 Å². The Morgan fingerprint density at radius 3 is 2.71 bits per heavy atom. The average molecular weight is 369 g/mol. The first-order valence-corrected chi connectivity index (χ1v) is 7.25. The van der Waals surface area contributed by atoms with Crippen LogP contribution in [0, 0.1) is 5.82 Å². The minimum absolute atomic E-state index is 0.0386. The van der Waals surface area contributed by atoms with Gasteiger partial charge in [-0.2, -0.15) is 0 Å². The Kier molecular flexibility index (Phi) is 3.55. The molecule has 21 heavy (non-hydrogen) atoms. The summed E-state index contributed by atoms with van der Waals surface area (Å²) in [7, 11) is 0. The second-order valence-corrected chi connectivity index (χ2v) is 5.89. The van der Waals surface area contributed by atoms with Gasteiger partial charge in [0.15, 0.2) is 0 Å². The van der Waals surface area contributed by atoms with E-state index in [-0.39, 0.29) is 11.6 Å². The van der Waals surface area contributed by atoms with Crippen molar-refractivity contribution >= 4 is 44.9 Å². The van der Waals surface area contributed by atoms with E-state index in [9.17, 15) is 14.0 Å². The number of carbonyl (C=O) groups is 2. The Labute approximate surface area is 133 Å². The van der Waals surface area contributed by atoms with Crippen LogP contribution in [-0.2, 0) is 11.3 Å². The fourth-order valence-electron chi connectivity index (χ4n) is 2.27. The highest BCUT2D eigenvalue weighted by Gasteiger charge is 2.36. The van der Waals surface area contributed by atoms with Crippen LogP contribution in [-0.4, -0.2) is 11.7 Å². The number of carbonyl (C=O) groups excluding carboxylic acids is 2. The number of nitrogens with zero attached hydrogens (tertiary/aromatic N) is 1. The van der Waals surface area contributed by atoms with E-state index >= 15 is 0 Å². The third-order valence-corrected chi connectivity index (χ3v) is 4.21. The molecule has 6 heteroatoms. The average Bonchev–Trinajstić information content (AvgIpc) is 2.69. The van der Waals surface area contributed by atoms with E-state index in [1.807, 2.05) is 0 Å². The van der Waals surface area contributed by atoms with Crippen molar-refractivity contribution < 1.29 is 14.0 Å². The van der Waals surface area contributed by atoms with E-state index in [0.717, 1.165) is 0 Å². The predicted molar refractivity (Wildman–Crippen MR) is 81.1 cm³/mol. The number of hydrogen-bond acceptors (Lipinski definition) is 2. The molecule has 0 aliphatic carbocycles. The summed E-state index contributed by atoms with van der Waals surface area (Å²) >= 11 is 9.17. The number of anilines is 1. The zero-order valence-corrected chi connectivity index (χ0v) is 12.9. The standard InChI is InChI=1S/C15H8BrClFNO2/c16-9-4-5-12-10(6-9)14(20)15(21)19(12)7-8-2-1-3-11(18)13(8)17/h1-6H,7H2. The van der Waals surface area contributed by atoms with Crippen LogP contribution in [0.25, 0.3) is 0 Å². The zero-order valence-electron chi connectivity index (χ0n) is 10.6. The van der Waals surface area contributed by atoms with E-state index in [2.05, 4.69) is 15.9 Å². The maximum absolute atomic E-state index is 13.5. The molecule has 0 N–H and O–H groups in total. The fraction of sp³-hybridized carbons (Fsp3) is 0.0667. The van der Waals surface area contributed by atoms with E-state index < -0.39 is 17.5 Å². The summed E-state index contributed by atoms with van der Waals surface area (Å²) in [5, 5.41) is -0.0386. The van der Waals surface area contributed by atoms with Crippen molar-refractivity contribution in [3.05, 3.63) is 62.8 Å². The van der Waals surface area contributed by atoms with Crippen molar-refractivity contribution in [2.75, 3.05) is 4.90 Å². The van der Waals surface area contributed by atoms with Crippen LogP contribution in [0.1, 0.15) is 15.9 Å². The first-order chi connectivity index (χ1) is 9.99. The molecule has 1 heterocycles. The molecular weight excluding hydrogens is 361 g/mol. The number of ketones is 1. The molecule has 1 aliphatic heterocycles. The van der Waals surface area contributed by atoms with E-state index in [4.69, 9.17) is 11.6 Å². The lowest BCUT2D eigenvalue weighted by molar-refractivity contribution is -0.114. The van der Waals surface area contributed by atoms with Crippen LogP contribution in [0.4, 0.5) is 10.1 Å². The molecule has 0 spiro atoms. The number of Topliss-reactive ketones (excluding diaryl/α,β-unsaturated/α-hetero) is 1. The van der Waals surface area contributed by atoms with Crippen molar-refractivity contribution in [1.29, 1.82) is 0 Å². The van der Waals surface area contributed by atoms with Gasteiger partial charge >= 0.3 is 0 Å². The highest BCUT2D eigenvalue weighted by molar-refractivity contribution is 9.10. The Morgan fingerprint density at radius 2 is 1.95 bits per heavy atom. The van der Waals surface area contributed by atoms with Gasteiger partial charge in [-0.1, -0.05) is 39.7 Å². The monoisotopic (exact) mass is 367 g/mol. The van der Waals surface area contributed by atoms with Crippen LogP contribution in [0.15, 0.2) is 40.9 Å². The molecule has 106 valence electrons. The molecular formula is C15H8BrClFNO2. The van der Waals surface area contributed by atoms with Crippen LogP contribution in [0.2, 0.25) is 5.02 Å². The number of halogens is 3. The molecule has 0 saturated carbocycles. The molecule has 0 bridgehead atoms. The summed E-state index contributed by atoms with van der Waals surface area (Å²) in [6.45, 7) is 0.0514. The number of benzene rings is 2. The van der Waals surface area contributed by atoms with Gasteiger partial charge in [-0.05, 0) is 29.8 Å². The van der Waals surface area contributed by atoms with Gasteiger partial charge < -0.3 is 4.90 Å². The third kappa shape index (κ3) is 2.36. The van der Waals surface area contributed by atoms with Crippen LogP contribution < -0.4 is 4.90 Å². The normalized spacial score (nSPS) is 13.8. The van der Waals surface area contributed by atoms with E-state index in [1.54, 1.807) is 24.3 Å². The van der Waals surface area contributed by atoms with Gasteiger partial charge in [0, 0.05) is 4.47 Å². The summed E-state index contributed by atoms with van der Waals surface area (Å²) in [6, 6.07) is 9.40. The molecule has 2 aromatic rings. The molecule has 0 saturated heterocycles. The number of amides is 1. The minimum Gasteiger partial charge on any atom is -0.300 e. The van der Waals surface area contributed by atoms with Gasteiger partial charge in [0.05, 0.1) is 22.8 Å². The fourth-order valence-corrected chi connectivity index (χ4v) is 2.82. The Bertz CT molecular complexity index is 778.